The van der Waals surface area contributed by atoms with E-state index >= 15 is 0 Å². The minimum atomic E-state index is -4.77. The third-order valence-electron chi connectivity index (χ3n) is 4.16. The zero-order valence-electron chi connectivity index (χ0n) is 13.7. The van der Waals surface area contributed by atoms with Crippen molar-refractivity contribution in [2.75, 3.05) is 13.7 Å². The van der Waals surface area contributed by atoms with Crippen LogP contribution in [0, 0.1) is 11.6 Å². The number of benzene rings is 1. The number of esters is 1. The van der Waals surface area contributed by atoms with Crippen LogP contribution < -0.4 is 4.74 Å². The number of hydrogen-bond acceptors (Lipinski definition) is 4. The summed E-state index contributed by atoms with van der Waals surface area (Å²) < 4.78 is 81.9. The Morgan fingerprint density at radius 2 is 2.00 bits per heavy atom. The molecule has 140 valence electrons. The second-order valence-corrected chi connectivity index (χ2v) is 5.81. The van der Waals surface area contributed by atoms with Gasteiger partial charge in [-0.15, -0.1) is 0 Å². The minimum Gasteiger partial charge on any atom is -0.493 e. The number of rotatable bonds is 4. The summed E-state index contributed by atoms with van der Waals surface area (Å²) in [5, 5.41) is 0. The van der Waals surface area contributed by atoms with Crippen LogP contribution in [0.15, 0.2) is 12.1 Å². The van der Waals surface area contributed by atoms with Gasteiger partial charge in [-0.05, 0) is 26.3 Å². The fraction of sp³-hybridized carbons (Fsp3) is 0.562. The van der Waals surface area contributed by atoms with Crippen molar-refractivity contribution in [1.29, 1.82) is 0 Å². The zero-order chi connectivity index (χ0) is 19.0. The molecule has 0 aliphatic carbocycles. The van der Waals surface area contributed by atoms with E-state index in [1.165, 1.54) is 6.92 Å². The maximum atomic E-state index is 13.9. The highest BCUT2D eigenvalue weighted by Crippen LogP contribution is 2.51. The number of ether oxygens (including phenoxy) is 3. The van der Waals surface area contributed by atoms with E-state index in [2.05, 4.69) is 0 Å². The minimum absolute atomic E-state index is 0.0664. The standard InChI is InChI=1S/C16H17F5O4/c1-4-24-14(22)13-9(7-15(2,25-13)16(19,20)21)8-5-6-10(17)11(18)12(8)23-3/h5-6,9,13H,4,7H2,1-3H3/t9-,13-,15+/m0/s1. The number of halogens is 5. The second kappa shape index (κ2) is 6.78. The van der Waals surface area contributed by atoms with E-state index in [9.17, 15) is 26.7 Å². The van der Waals surface area contributed by atoms with Crippen molar-refractivity contribution in [1.82, 2.24) is 0 Å². The first-order valence-corrected chi connectivity index (χ1v) is 7.48. The van der Waals surface area contributed by atoms with Gasteiger partial charge in [0.05, 0.1) is 13.7 Å². The molecule has 0 amide bonds. The summed E-state index contributed by atoms with van der Waals surface area (Å²) >= 11 is 0. The van der Waals surface area contributed by atoms with Crippen molar-refractivity contribution in [2.24, 2.45) is 0 Å². The average molecular weight is 368 g/mol. The van der Waals surface area contributed by atoms with Crippen molar-refractivity contribution < 1.29 is 41.0 Å². The van der Waals surface area contributed by atoms with E-state index in [0.717, 1.165) is 26.2 Å². The maximum absolute atomic E-state index is 13.9. The normalized spacial score (nSPS) is 26.6. The van der Waals surface area contributed by atoms with Gasteiger partial charge >= 0.3 is 12.1 Å². The monoisotopic (exact) mass is 368 g/mol. The average Bonchev–Trinajstić information content (AvgIpc) is 2.89. The fourth-order valence-corrected chi connectivity index (χ4v) is 2.88. The Kier molecular flexibility index (Phi) is 5.27. The third kappa shape index (κ3) is 3.42. The zero-order valence-corrected chi connectivity index (χ0v) is 13.7. The smallest absolute Gasteiger partial charge is 0.417 e. The third-order valence-corrected chi connectivity index (χ3v) is 4.16. The first-order chi connectivity index (χ1) is 11.6. The molecule has 0 bridgehead atoms. The summed E-state index contributed by atoms with van der Waals surface area (Å²) in [5.41, 5.74) is -2.72. The van der Waals surface area contributed by atoms with Gasteiger partial charge in [0.25, 0.3) is 0 Å². The van der Waals surface area contributed by atoms with Gasteiger partial charge in [0.15, 0.2) is 23.3 Å². The Morgan fingerprint density at radius 3 is 2.52 bits per heavy atom. The Bertz CT molecular complexity index is 661. The van der Waals surface area contributed by atoms with Gasteiger partial charge < -0.3 is 14.2 Å². The van der Waals surface area contributed by atoms with Crippen molar-refractivity contribution >= 4 is 5.97 Å². The van der Waals surface area contributed by atoms with Crippen molar-refractivity contribution in [3.63, 3.8) is 0 Å². The fourth-order valence-electron chi connectivity index (χ4n) is 2.88. The van der Waals surface area contributed by atoms with Gasteiger partial charge in [-0.1, -0.05) is 6.07 Å². The van der Waals surface area contributed by atoms with Crippen molar-refractivity contribution in [2.45, 2.75) is 44.1 Å². The Hall–Kier alpha value is -1.90. The van der Waals surface area contributed by atoms with Crippen LogP contribution in [0.4, 0.5) is 22.0 Å². The van der Waals surface area contributed by atoms with Crippen LogP contribution in [0.25, 0.3) is 0 Å². The first-order valence-electron chi connectivity index (χ1n) is 7.48. The molecule has 0 spiro atoms. The lowest BCUT2D eigenvalue weighted by atomic mass is 9.86. The molecule has 0 N–H and O–H groups in total. The summed E-state index contributed by atoms with van der Waals surface area (Å²) in [5.74, 6) is -5.34. The number of alkyl halides is 3. The van der Waals surface area contributed by atoms with Gasteiger partial charge in [-0.25, -0.2) is 9.18 Å². The predicted molar refractivity (Wildman–Crippen MR) is 76.2 cm³/mol. The van der Waals surface area contributed by atoms with Gasteiger partial charge in [-0.3, -0.25) is 0 Å². The molecule has 9 heteroatoms. The second-order valence-electron chi connectivity index (χ2n) is 5.81. The Morgan fingerprint density at radius 1 is 1.36 bits per heavy atom. The molecule has 25 heavy (non-hydrogen) atoms. The van der Waals surface area contributed by atoms with Gasteiger partial charge in [0.1, 0.15) is 0 Å². The van der Waals surface area contributed by atoms with Crippen LogP contribution in [-0.2, 0) is 14.3 Å². The molecule has 2 rings (SSSR count). The first kappa shape index (κ1) is 19.4. The largest absolute Gasteiger partial charge is 0.493 e. The van der Waals surface area contributed by atoms with Gasteiger partial charge in [0, 0.05) is 11.5 Å². The molecule has 1 aromatic carbocycles. The van der Waals surface area contributed by atoms with E-state index in [1.54, 1.807) is 0 Å². The van der Waals surface area contributed by atoms with Gasteiger partial charge in [0.2, 0.25) is 5.82 Å². The molecule has 3 atom stereocenters. The lowest BCUT2D eigenvalue weighted by Gasteiger charge is -2.26. The van der Waals surface area contributed by atoms with Crippen molar-refractivity contribution in [3.8, 4) is 5.75 Å². The summed E-state index contributed by atoms with van der Waals surface area (Å²) in [6.07, 6.45) is -7.05. The van der Waals surface area contributed by atoms with E-state index < -0.39 is 53.6 Å². The Balaban J connectivity index is 2.53. The SMILES string of the molecule is CCOC(=O)[C@H]1O[C@@](C)(C(F)(F)F)C[C@H]1c1ccc(F)c(F)c1OC. The number of carbonyl (C=O) groups is 1. The predicted octanol–water partition coefficient (Wildman–Crippen LogP) is 3.73. The molecule has 4 nitrogen and oxygen atoms in total. The quantitative estimate of drug-likeness (QED) is 0.600. The topological polar surface area (TPSA) is 44.8 Å². The van der Waals surface area contributed by atoms with E-state index in [-0.39, 0.29) is 12.2 Å². The van der Waals surface area contributed by atoms with Crippen molar-refractivity contribution in [3.05, 3.63) is 29.3 Å². The van der Waals surface area contributed by atoms with Gasteiger partial charge in [-0.2, -0.15) is 17.6 Å². The lowest BCUT2D eigenvalue weighted by molar-refractivity contribution is -0.264. The summed E-state index contributed by atoms with van der Waals surface area (Å²) in [7, 11) is 1.06. The molecule has 0 saturated carbocycles. The van der Waals surface area contributed by atoms with Crippen LogP contribution in [0.2, 0.25) is 0 Å². The van der Waals surface area contributed by atoms with E-state index in [4.69, 9.17) is 14.2 Å². The Labute approximate surface area is 140 Å². The molecule has 1 heterocycles. The molecular formula is C16H17F5O4. The van der Waals surface area contributed by atoms with Crippen LogP contribution >= 0.6 is 0 Å². The molecule has 1 saturated heterocycles. The highest BCUT2D eigenvalue weighted by molar-refractivity contribution is 5.77. The molecule has 1 aliphatic rings. The molecule has 1 aromatic rings. The molecule has 0 radical (unpaired) electrons. The molecular weight excluding hydrogens is 351 g/mol. The summed E-state index contributed by atoms with van der Waals surface area (Å²) in [6, 6.07) is 1.85. The number of carbonyl (C=O) groups excluding carboxylic acids is 1. The molecule has 1 fully saturated rings. The highest BCUT2D eigenvalue weighted by atomic mass is 19.4. The van der Waals surface area contributed by atoms with Crippen LogP contribution in [0.5, 0.6) is 5.75 Å². The van der Waals surface area contributed by atoms with E-state index in [0.29, 0.717) is 0 Å². The number of hydrogen-bond donors (Lipinski definition) is 0. The summed E-state index contributed by atoms with van der Waals surface area (Å²) in [6.45, 7) is 2.22. The number of methoxy groups -OCH3 is 1. The van der Waals surface area contributed by atoms with Crippen LogP contribution in [-0.4, -0.2) is 37.6 Å². The molecule has 0 unspecified atom stereocenters. The summed E-state index contributed by atoms with van der Waals surface area (Å²) in [4.78, 5) is 12.1. The van der Waals surface area contributed by atoms with Crippen LogP contribution in [0.3, 0.4) is 0 Å². The molecule has 1 aliphatic heterocycles. The van der Waals surface area contributed by atoms with Crippen LogP contribution in [0.1, 0.15) is 31.7 Å². The molecule has 0 aromatic heterocycles. The van der Waals surface area contributed by atoms with E-state index in [1.807, 2.05) is 0 Å². The maximum Gasteiger partial charge on any atom is 0.417 e. The highest BCUT2D eigenvalue weighted by Gasteiger charge is 2.62. The lowest BCUT2D eigenvalue weighted by Crippen LogP contribution is -2.43.